The van der Waals surface area contributed by atoms with Crippen molar-refractivity contribution < 1.29 is 9.66 Å². The summed E-state index contributed by atoms with van der Waals surface area (Å²) in [6.07, 6.45) is 1.58. The number of nitro groups is 1. The lowest BCUT2D eigenvalue weighted by Gasteiger charge is -2.02. The van der Waals surface area contributed by atoms with Crippen LogP contribution in [0, 0.1) is 10.1 Å². The quantitative estimate of drug-likeness (QED) is 0.450. The lowest BCUT2D eigenvalue weighted by atomic mass is 10.3. The average Bonchev–Trinajstić information content (AvgIpc) is 2.88. The normalized spacial score (nSPS) is 10.7. The Hall–Kier alpha value is -2.61. The first-order valence-electron chi connectivity index (χ1n) is 5.28. The van der Waals surface area contributed by atoms with E-state index in [1.807, 2.05) is 0 Å². The minimum absolute atomic E-state index is 0.0394. The highest BCUT2D eigenvalue weighted by Gasteiger charge is 2.25. The van der Waals surface area contributed by atoms with Crippen molar-refractivity contribution >= 4 is 27.8 Å². The van der Waals surface area contributed by atoms with Gasteiger partial charge >= 0.3 is 11.7 Å². The predicted octanol–water partition coefficient (Wildman–Crippen LogP) is 2.68. The monoisotopic (exact) mass is 276 g/mol. The van der Waals surface area contributed by atoms with Gasteiger partial charge in [-0.1, -0.05) is 17.4 Å². The van der Waals surface area contributed by atoms with Crippen LogP contribution in [0.5, 0.6) is 11.6 Å². The summed E-state index contributed by atoms with van der Waals surface area (Å²) in [4.78, 5) is 15.2. The number of hydrogen-bond acceptors (Lipinski definition) is 6. The summed E-state index contributed by atoms with van der Waals surface area (Å²) in [7, 11) is 0. The molecular weight excluding hydrogens is 268 g/mol. The Kier molecular flexibility index (Phi) is 2.57. The SMILES string of the molecule is Nc1cccc(Oc2nc3sccn3c2[N+](=O)[O-])c1. The van der Waals surface area contributed by atoms with Crippen molar-refractivity contribution in [2.75, 3.05) is 5.73 Å². The van der Waals surface area contributed by atoms with Crippen LogP contribution in [0.25, 0.3) is 4.96 Å². The summed E-state index contributed by atoms with van der Waals surface area (Å²) in [5.41, 5.74) is 6.14. The molecule has 7 nitrogen and oxygen atoms in total. The fourth-order valence-electron chi connectivity index (χ4n) is 1.68. The van der Waals surface area contributed by atoms with E-state index in [1.165, 1.54) is 15.7 Å². The standard InChI is InChI=1S/C11H8N4O3S/c12-7-2-1-3-8(6-7)18-9-10(15(16)17)14-4-5-19-11(14)13-9/h1-6H,12H2. The Morgan fingerprint density at radius 2 is 2.32 bits per heavy atom. The molecule has 0 atom stereocenters. The first kappa shape index (κ1) is 11.5. The van der Waals surface area contributed by atoms with E-state index in [4.69, 9.17) is 10.5 Å². The van der Waals surface area contributed by atoms with Gasteiger partial charge in [-0.2, -0.15) is 9.38 Å². The summed E-state index contributed by atoms with van der Waals surface area (Å²) >= 11 is 1.30. The number of benzene rings is 1. The maximum atomic E-state index is 11.1. The van der Waals surface area contributed by atoms with Crippen LogP contribution in [-0.2, 0) is 0 Å². The molecule has 0 saturated carbocycles. The van der Waals surface area contributed by atoms with Crippen molar-refractivity contribution in [3.63, 3.8) is 0 Å². The van der Waals surface area contributed by atoms with Gasteiger partial charge < -0.3 is 20.6 Å². The molecule has 0 aliphatic rings. The number of anilines is 1. The van der Waals surface area contributed by atoms with Crippen LogP contribution in [0.2, 0.25) is 0 Å². The van der Waals surface area contributed by atoms with E-state index in [0.717, 1.165) is 0 Å². The van der Waals surface area contributed by atoms with Crippen molar-refractivity contribution in [1.29, 1.82) is 0 Å². The maximum absolute atomic E-state index is 11.1. The molecule has 0 spiro atoms. The first-order valence-corrected chi connectivity index (χ1v) is 6.16. The Bertz CT molecular complexity index is 764. The Morgan fingerprint density at radius 1 is 1.47 bits per heavy atom. The summed E-state index contributed by atoms with van der Waals surface area (Å²) in [6, 6.07) is 6.65. The fraction of sp³-hybridized carbons (Fsp3) is 0. The molecule has 0 fully saturated rings. The summed E-state index contributed by atoms with van der Waals surface area (Å²) in [5.74, 6) is 0.176. The van der Waals surface area contributed by atoms with Gasteiger partial charge in [0.25, 0.3) is 4.96 Å². The third kappa shape index (κ3) is 1.97. The van der Waals surface area contributed by atoms with E-state index in [0.29, 0.717) is 16.4 Å². The Morgan fingerprint density at radius 3 is 3.05 bits per heavy atom. The van der Waals surface area contributed by atoms with E-state index < -0.39 is 4.92 Å². The molecule has 0 unspecified atom stereocenters. The number of imidazole rings is 1. The second-order valence-electron chi connectivity index (χ2n) is 3.73. The lowest BCUT2D eigenvalue weighted by Crippen LogP contribution is -1.95. The molecule has 8 heteroatoms. The topological polar surface area (TPSA) is 95.7 Å². The fourth-order valence-corrected chi connectivity index (χ4v) is 2.38. The molecule has 3 aromatic rings. The van der Waals surface area contributed by atoms with Crippen LogP contribution in [-0.4, -0.2) is 14.3 Å². The van der Waals surface area contributed by atoms with Gasteiger partial charge in [-0.05, 0) is 17.1 Å². The van der Waals surface area contributed by atoms with Gasteiger partial charge in [0.15, 0.2) is 0 Å². The molecule has 2 aromatic heterocycles. The van der Waals surface area contributed by atoms with Crippen LogP contribution < -0.4 is 10.5 Å². The first-order chi connectivity index (χ1) is 9.15. The number of nitrogens with two attached hydrogens (primary N) is 1. The van der Waals surface area contributed by atoms with E-state index in [1.54, 1.807) is 35.8 Å². The van der Waals surface area contributed by atoms with E-state index in [9.17, 15) is 10.1 Å². The summed E-state index contributed by atoms with van der Waals surface area (Å²) in [6.45, 7) is 0. The van der Waals surface area contributed by atoms with Crippen LogP contribution in [0.3, 0.4) is 0 Å². The number of rotatable bonds is 3. The molecule has 3 rings (SSSR count). The molecule has 0 amide bonds. The molecule has 0 bridgehead atoms. The molecule has 19 heavy (non-hydrogen) atoms. The van der Waals surface area contributed by atoms with E-state index >= 15 is 0 Å². The zero-order chi connectivity index (χ0) is 13.4. The van der Waals surface area contributed by atoms with Gasteiger partial charge in [0.05, 0.1) is 0 Å². The third-order valence-corrected chi connectivity index (χ3v) is 3.21. The van der Waals surface area contributed by atoms with Gasteiger partial charge in [-0.15, -0.1) is 0 Å². The molecule has 0 saturated heterocycles. The number of ether oxygens (including phenoxy) is 1. The number of nitrogen functional groups attached to an aromatic ring is 1. The van der Waals surface area contributed by atoms with Gasteiger partial charge in [0.2, 0.25) is 0 Å². The predicted molar refractivity (Wildman–Crippen MR) is 70.7 cm³/mol. The molecule has 96 valence electrons. The van der Waals surface area contributed by atoms with Crippen LogP contribution >= 0.6 is 11.3 Å². The molecule has 0 aliphatic heterocycles. The van der Waals surface area contributed by atoms with Crippen LogP contribution in [0.1, 0.15) is 0 Å². The number of fused-ring (bicyclic) bond motifs is 1. The van der Waals surface area contributed by atoms with Crippen molar-refractivity contribution in [2.45, 2.75) is 0 Å². The zero-order valence-electron chi connectivity index (χ0n) is 9.52. The molecule has 0 aliphatic carbocycles. The summed E-state index contributed by atoms with van der Waals surface area (Å²) in [5, 5.41) is 12.8. The van der Waals surface area contributed by atoms with Crippen LogP contribution in [0.4, 0.5) is 11.5 Å². The van der Waals surface area contributed by atoms with Gasteiger partial charge in [-0.25, -0.2) is 0 Å². The number of hydrogen-bond donors (Lipinski definition) is 1. The molecular formula is C11H8N4O3S. The molecule has 2 heterocycles. The minimum Gasteiger partial charge on any atom is -0.432 e. The van der Waals surface area contributed by atoms with Crippen molar-refractivity contribution in [3.05, 3.63) is 46.0 Å². The number of thiazole rings is 1. The van der Waals surface area contributed by atoms with E-state index in [2.05, 4.69) is 4.98 Å². The zero-order valence-corrected chi connectivity index (χ0v) is 10.3. The highest BCUT2D eigenvalue weighted by Crippen LogP contribution is 2.33. The average molecular weight is 276 g/mol. The van der Waals surface area contributed by atoms with Gasteiger partial charge in [-0.3, -0.25) is 0 Å². The Labute approximate surface area is 111 Å². The van der Waals surface area contributed by atoms with Crippen molar-refractivity contribution in [1.82, 2.24) is 9.38 Å². The molecule has 1 aromatic carbocycles. The summed E-state index contributed by atoms with van der Waals surface area (Å²) < 4.78 is 6.83. The second kappa shape index (κ2) is 4.25. The Balaban J connectivity index is 2.07. The second-order valence-corrected chi connectivity index (χ2v) is 4.60. The highest BCUT2D eigenvalue weighted by molar-refractivity contribution is 7.15. The highest BCUT2D eigenvalue weighted by atomic mass is 32.1. The van der Waals surface area contributed by atoms with Crippen molar-refractivity contribution in [3.8, 4) is 11.6 Å². The largest absolute Gasteiger partial charge is 0.432 e. The minimum atomic E-state index is -0.519. The molecule has 2 N–H and O–H groups in total. The number of nitrogens with zero attached hydrogens (tertiary/aromatic N) is 3. The van der Waals surface area contributed by atoms with Gasteiger partial charge in [0, 0.05) is 17.1 Å². The van der Waals surface area contributed by atoms with Crippen molar-refractivity contribution in [2.24, 2.45) is 0 Å². The third-order valence-electron chi connectivity index (χ3n) is 2.45. The number of aromatic nitrogens is 2. The van der Waals surface area contributed by atoms with E-state index in [-0.39, 0.29) is 11.7 Å². The van der Waals surface area contributed by atoms with Gasteiger partial charge in [0.1, 0.15) is 11.9 Å². The maximum Gasteiger partial charge on any atom is 0.393 e. The molecule has 0 radical (unpaired) electrons. The van der Waals surface area contributed by atoms with Crippen LogP contribution in [0.15, 0.2) is 35.8 Å². The lowest BCUT2D eigenvalue weighted by molar-refractivity contribution is -0.391. The smallest absolute Gasteiger partial charge is 0.393 e.